The van der Waals surface area contributed by atoms with E-state index in [0.29, 0.717) is 11.1 Å². The van der Waals surface area contributed by atoms with Crippen LogP contribution in [-0.2, 0) is 0 Å². The molecule has 45 heavy (non-hydrogen) atoms. The van der Waals surface area contributed by atoms with Crippen molar-refractivity contribution in [2.75, 3.05) is 4.90 Å². The van der Waals surface area contributed by atoms with E-state index >= 15 is 0 Å². The van der Waals surface area contributed by atoms with Gasteiger partial charge in [0.15, 0.2) is 11.6 Å². The number of para-hydroxylation sites is 1. The number of rotatable bonds is 2. The Balaban J connectivity index is 1.23. The molecule has 0 unspecified atom stereocenters. The predicted octanol–water partition coefficient (Wildman–Crippen LogP) is 9.28. The molecule has 1 aliphatic heterocycles. The molecule has 9 rings (SSSR count). The lowest BCUT2D eigenvalue weighted by Crippen LogP contribution is -2.58. The molecule has 0 radical (unpaired) electrons. The average molecular weight is 614 g/mol. The van der Waals surface area contributed by atoms with Gasteiger partial charge in [-0.1, -0.05) is 92.0 Å². The van der Waals surface area contributed by atoms with Crippen molar-refractivity contribution in [3.63, 3.8) is 0 Å². The van der Waals surface area contributed by atoms with Crippen LogP contribution in [-0.4, -0.2) is 19.6 Å². The van der Waals surface area contributed by atoms with Crippen LogP contribution in [0.3, 0.4) is 0 Å². The Morgan fingerprint density at radius 2 is 1.24 bits per heavy atom. The summed E-state index contributed by atoms with van der Waals surface area (Å²) < 4.78 is 2.59. The maximum atomic E-state index is 13.6. The molecule has 1 aliphatic carbocycles. The number of Topliss-reactive ketones (excluding diaryl/α,β-unsaturated/α-hetero) is 2. The highest BCUT2D eigenvalue weighted by Crippen LogP contribution is 2.43. The minimum absolute atomic E-state index is 0.196. The molecule has 3 nitrogen and oxygen atoms in total. The molecule has 0 saturated carbocycles. The number of allylic oxidation sites excluding steroid dienone is 1. The molecule has 0 amide bonds. The SMILES string of the molecule is C[Si]1(C)c2cc(C=C3C(=O)c4cc5ccccc5cc4C3=O)ccc2N(c2ccccc2)c2cc3sc4ccccc4c3cc21. The topological polar surface area (TPSA) is 37.4 Å². The Kier molecular flexibility index (Phi) is 5.52. The Labute approximate surface area is 265 Å². The van der Waals surface area contributed by atoms with Crippen LogP contribution in [0, 0.1) is 0 Å². The van der Waals surface area contributed by atoms with Gasteiger partial charge in [-0.2, -0.15) is 0 Å². The van der Waals surface area contributed by atoms with E-state index in [1.807, 2.05) is 47.7 Å². The van der Waals surface area contributed by atoms with E-state index in [1.54, 1.807) is 6.08 Å². The molecule has 6 aromatic carbocycles. The molecule has 7 aromatic rings. The molecule has 0 atom stereocenters. The van der Waals surface area contributed by atoms with Gasteiger partial charge in [0.05, 0.1) is 5.57 Å². The first-order chi connectivity index (χ1) is 21.9. The van der Waals surface area contributed by atoms with Crippen molar-refractivity contribution in [3.05, 3.63) is 144 Å². The van der Waals surface area contributed by atoms with E-state index in [1.165, 1.54) is 36.2 Å². The molecular formula is C40H27NO2SSi. The van der Waals surface area contributed by atoms with Crippen LogP contribution in [0.25, 0.3) is 37.0 Å². The second-order valence-corrected chi connectivity index (χ2v) is 17.9. The summed E-state index contributed by atoms with van der Waals surface area (Å²) in [4.78, 5) is 29.6. The van der Waals surface area contributed by atoms with Gasteiger partial charge in [-0.25, -0.2) is 0 Å². The van der Waals surface area contributed by atoms with Crippen LogP contribution in [0.1, 0.15) is 26.3 Å². The number of benzene rings is 6. The summed E-state index contributed by atoms with van der Waals surface area (Å²) in [6.07, 6.45) is 1.80. The fraction of sp³-hybridized carbons (Fsp3) is 0.0500. The monoisotopic (exact) mass is 613 g/mol. The van der Waals surface area contributed by atoms with Gasteiger partial charge >= 0.3 is 0 Å². The minimum Gasteiger partial charge on any atom is -0.311 e. The molecule has 0 spiro atoms. The minimum atomic E-state index is -2.24. The number of nitrogens with zero attached hydrogens (tertiary/aromatic N) is 1. The summed E-state index contributed by atoms with van der Waals surface area (Å²) in [5.41, 5.74) is 5.61. The Morgan fingerprint density at radius 3 is 1.98 bits per heavy atom. The third kappa shape index (κ3) is 3.81. The van der Waals surface area contributed by atoms with Crippen molar-refractivity contribution in [1.82, 2.24) is 0 Å². The summed E-state index contributed by atoms with van der Waals surface area (Å²) >= 11 is 1.85. The Bertz CT molecular complexity index is 2400. The standard InChI is InChI=1S/C40H27NO2SSi/c1-45(2)37-19-24(18-32-39(42)30-20-25-10-6-7-11-26(25)21-31(30)40(32)43)16-17-33(37)41(27-12-4-3-5-13-27)34-23-36-29(22-38(34)45)28-14-8-9-15-35(28)44-36/h3-23H,1-2H3. The third-order valence-electron chi connectivity index (χ3n) is 9.53. The van der Waals surface area contributed by atoms with E-state index in [0.717, 1.165) is 27.7 Å². The van der Waals surface area contributed by atoms with Crippen molar-refractivity contribution in [2.24, 2.45) is 0 Å². The van der Waals surface area contributed by atoms with E-state index in [2.05, 4.69) is 103 Å². The third-order valence-corrected chi connectivity index (χ3v) is 14.2. The van der Waals surface area contributed by atoms with Crippen molar-refractivity contribution in [2.45, 2.75) is 13.1 Å². The Morgan fingerprint density at radius 1 is 0.600 bits per heavy atom. The number of hydrogen-bond donors (Lipinski definition) is 0. The Hall–Kier alpha value is -5.10. The molecule has 0 N–H and O–H groups in total. The van der Waals surface area contributed by atoms with Crippen LogP contribution < -0.4 is 15.3 Å². The number of carbonyl (C=O) groups excluding carboxylic acids is 2. The van der Waals surface area contributed by atoms with Gasteiger partial charge in [-0.15, -0.1) is 11.3 Å². The van der Waals surface area contributed by atoms with Crippen molar-refractivity contribution in [3.8, 4) is 0 Å². The number of ketones is 2. The van der Waals surface area contributed by atoms with Crippen LogP contribution >= 0.6 is 11.3 Å². The largest absolute Gasteiger partial charge is 0.311 e. The first-order valence-corrected chi connectivity index (χ1v) is 19.0. The summed E-state index contributed by atoms with van der Waals surface area (Å²) in [7, 11) is -2.24. The summed E-state index contributed by atoms with van der Waals surface area (Å²) in [5, 5.41) is 7.20. The number of carbonyl (C=O) groups is 2. The van der Waals surface area contributed by atoms with Gasteiger partial charge in [0.25, 0.3) is 0 Å². The van der Waals surface area contributed by atoms with Gasteiger partial charge in [0.2, 0.25) is 0 Å². The summed E-state index contributed by atoms with van der Waals surface area (Å²) in [6.45, 7) is 4.83. The number of anilines is 3. The fourth-order valence-corrected chi connectivity index (χ4v) is 11.3. The summed E-state index contributed by atoms with van der Waals surface area (Å²) in [5.74, 6) is -0.393. The zero-order valence-corrected chi connectivity index (χ0v) is 26.6. The van der Waals surface area contributed by atoms with E-state index < -0.39 is 8.07 Å². The second-order valence-electron chi connectivity index (χ2n) is 12.5. The van der Waals surface area contributed by atoms with E-state index in [-0.39, 0.29) is 17.1 Å². The van der Waals surface area contributed by atoms with Crippen LogP contribution in [0.2, 0.25) is 13.1 Å². The first kappa shape index (κ1) is 26.3. The van der Waals surface area contributed by atoms with Gasteiger partial charge < -0.3 is 4.90 Å². The fourth-order valence-electron chi connectivity index (χ4n) is 7.22. The molecule has 2 heterocycles. The lowest BCUT2D eigenvalue weighted by atomic mass is 10.0. The van der Waals surface area contributed by atoms with Crippen LogP contribution in [0.15, 0.2) is 127 Å². The molecule has 214 valence electrons. The quantitative estimate of drug-likeness (QED) is 0.111. The summed E-state index contributed by atoms with van der Waals surface area (Å²) in [6, 6.07) is 42.1. The molecule has 5 heteroatoms. The lowest BCUT2D eigenvalue weighted by molar-refractivity contribution is 0.0990. The molecule has 2 aliphatic rings. The predicted molar refractivity (Wildman–Crippen MR) is 191 cm³/mol. The van der Waals surface area contributed by atoms with E-state index in [9.17, 15) is 9.59 Å². The number of fused-ring (bicyclic) bond motifs is 7. The highest BCUT2D eigenvalue weighted by atomic mass is 32.1. The van der Waals surface area contributed by atoms with Gasteiger partial charge in [-0.05, 0) is 75.2 Å². The molecule has 0 fully saturated rings. The van der Waals surface area contributed by atoms with Crippen LogP contribution in [0.4, 0.5) is 17.1 Å². The zero-order chi connectivity index (χ0) is 30.4. The highest BCUT2D eigenvalue weighted by molar-refractivity contribution is 7.26. The second kappa shape index (κ2) is 9.45. The number of hydrogen-bond acceptors (Lipinski definition) is 4. The molecule has 1 aromatic heterocycles. The van der Waals surface area contributed by atoms with Gasteiger partial charge in [0, 0.05) is 48.4 Å². The maximum Gasteiger partial charge on any atom is 0.197 e. The molecule has 0 saturated heterocycles. The first-order valence-electron chi connectivity index (χ1n) is 15.2. The van der Waals surface area contributed by atoms with Crippen molar-refractivity contribution in [1.29, 1.82) is 0 Å². The van der Waals surface area contributed by atoms with E-state index in [4.69, 9.17) is 0 Å². The molecular weight excluding hydrogens is 587 g/mol. The highest BCUT2D eigenvalue weighted by Gasteiger charge is 2.40. The normalized spacial score (nSPS) is 15.1. The van der Waals surface area contributed by atoms with Gasteiger partial charge in [0.1, 0.15) is 8.07 Å². The average Bonchev–Trinajstić information content (AvgIpc) is 3.54. The maximum absolute atomic E-state index is 13.6. The molecule has 0 bridgehead atoms. The lowest BCUT2D eigenvalue weighted by Gasteiger charge is -2.41. The van der Waals surface area contributed by atoms with Crippen LogP contribution in [0.5, 0.6) is 0 Å². The smallest absolute Gasteiger partial charge is 0.197 e. The van der Waals surface area contributed by atoms with Gasteiger partial charge in [-0.3, -0.25) is 9.59 Å². The van der Waals surface area contributed by atoms with Crippen molar-refractivity contribution < 1.29 is 9.59 Å². The number of thiophene rings is 1. The zero-order valence-electron chi connectivity index (χ0n) is 24.8. The van der Waals surface area contributed by atoms with Crippen molar-refractivity contribution >= 4 is 95.4 Å².